The van der Waals surface area contributed by atoms with Crippen molar-refractivity contribution in [3.05, 3.63) is 0 Å². The molecule has 7 heavy (non-hydrogen) atoms. The van der Waals surface area contributed by atoms with E-state index in [4.69, 9.17) is 20.4 Å². The Hall–Kier alpha value is -0.200. The van der Waals surface area contributed by atoms with Crippen LogP contribution in [0.3, 0.4) is 0 Å². The SMILES string of the molecule is OC(O)OC(O)O. The van der Waals surface area contributed by atoms with Gasteiger partial charge in [0.2, 0.25) is 0 Å². The summed E-state index contributed by atoms with van der Waals surface area (Å²) < 4.78 is 3.47. The second kappa shape index (κ2) is 2.89. The minimum absolute atomic E-state index is 2.12. The van der Waals surface area contributed by atoms with Gasteiger partial charge in [0.15, 0.2) is 0 Å². The van der Waals surface area contributed by atoms with E-state index in [1.807, 2.05) is 0 Å². The monoisotopic (exact) mass is 110 g/mol. The van der Waals surface area contributed by atoms with Crippen molar-refractivity contribution in [1.82, 2.24) is 0 Å². The molecule has 0 rings (SSSR count). The lowest BCUT2D eigenvalue weighted by molar-refractivity contribution is -0.353. The zero-order chi connectivity index (χ0) is 5.86. The Morgan fingerprint density at radius 2 is 1.14 bits per heavy atom. The van der Waals surface area contributed by atoms with Crippen molar-refractivity contribution in [2.45, 2.75) is 13.0 Å². The van der Waals surface area contributed by atoms with Gasteiger partial charge in [-0.15, -0.1) is 0 Å². The number of hydrogen-bond donors (Lipinski definition) is 4. The lowest BCUT2D eigenvalue weighted by Gasteiger charge is -2.04. The zero-order valence-corrected chi connectivity index (χ0v) is 3.35. The molecule has 0 aromatic carbocycles. The topological polar surface area (TPSA) is 90.2 Å². The van der Waals surface area contributed by atoms with Crippen molar-refractivity contribution in [2.75, 3.05) is 0 Å². The average molecular weight is 110 g/mol. The predicted molar refractivity (Wildman–Crippen MR) is 17.5 cm³/mol. The van der Waals surface area contributed by atoms with Gasteiger partial charge < -0.3 is 20.4 Å². The van der Waals surface area contributed by atoms with Crippen LogP contribution in [-0.4, -0.2) is 33.4 Å². The molecule has 0 heterocycles. The molecule has 0 spiro atoms. The molecule has 0 aromatic rings. The second-order valence-corrected chi connectivity index (χ2v) is 0.789. The van der Waals surface area contributed by atoms with Crippen molar-refractivity contribution in [2.24, 2.45) is 0 Å². The van der Waals surface area contributed by atoms with E-state index in [2.05, 4.69) is 4.74 Å². The first-order valence-corrected chi connectivity index (χ1v) is 1.50. The Morgan fingerprint density at radius 3 is 1.14 bits per heavy atom. The van der Waals surface area contributed by atoms with Crippen LogP contribution in [0.2, 0.25) is 0 Å². The Labute approximate surface area is 39.4 Å². The first-order chi connectivity index (χ1) is 3.13. The standard InChI is InChI=1S/C2H6O5/c3-1(4)7-2(5)6/h1-6H. The molecule has 44 valence electrons. The molecule has 0 atom stereocenters. The fourth-order valence-corrected chi connectivity index (χ4v) is 0.109. The maximum absolute atomic E-state index is 7.74. The fourth-order valence-electron chi connectivity index (χ4n) is 0.109. The smallest absolute Gasteiger partial charge is 0.270 e. The summed E-state index contributed by atoms with van der Waals surface area (Å²) in [5, 5.41) is 30.9. The van der Waals surface area contributed by atoms with Gasteiger partial charge in [-0.2, -0.15) is 0 Å². The minimum Gasteiger partial charge on any atom is -0.346 e. The van der Waals surface area contributed by atoms with Gasteiger partial charge in [-0.05, 0) is 0 Å². The largest absolute Gasteiger partial charge is 0.346 e. The molecular formula is C2H6O5. The van der Waals surface area contributed by atoms with Gasteiger partial charge in [-0.25, -0.2) is 0 Å². The van der Waals surface area contributed by atoms with Crippen molar-refractivity contribution in [1.29, 1.82) is 0 Å². The first kappa shape index (κ1) is 6.80. The van der Waals surface area contributed by atoms with Crippen molar-refractivity contribution < 1.29 is 25.2 Å². The zero-order valence-electron chi connectivity index (χ0n) is 3.35. The molecule has 0 bridgehead atoms. The summed E-state index contributed by atoms with van der Waals surface area (Å²) in [6.45, 7) is -4.25. The third kappa shape index (κ3) is 5.80. The van der Waals surface area contributed by atoms with E-state index in [0.29, 0.717) is 0 Å². The Kier molecular flexibility index (Phi) is 2.81. The van der Waals surface area contributed by atoms with Gasteiger partial charge in [-0.3, -0.25) is 4.74 Å². The number of aliphatic hydroxyl groups excluding tert-OH is 2. The Bertz CT molecular complexity index is 35.3. The molecule has 0 amide bonds. The molecule has 0 fully saturated rings. The summed E-state index contributed by atoms with van der Waals surface area (Å²) >= 11 is 0. The maximum atomic E-state index is 7.74. The van der Waals surface area contributed by atoms with E-state index in [1.165, 1.54) is 0 Å². The summed E-state index contributed by atoms with van der Waals surface area (Å²) in [4.78, 5) is 0. The van der Waals surface area contributed by atoms with Crippen LogP contribution in [0.4, 0.5) is 0 Å². The lowest BCUT2D eigenvalue weighted by atomic mass is 11.2. The summed E-state index contributed by atoms with van der Waals surface area (Å²) in [7, 11) is 0. The van der Waals surface area contributed by atoms with Crippen molar-refractivity contribution >= 4 is 0 Å². The number of rotatable bonds is 2. The van der Waals surface area contributed by atoms with E-state index < -0.39 is 13.0 Å². The molecule has 5 nitrogen and oxygen atoms in total. The number of ether oxygens (including phenoxy) is 1. The van der Waals surface area contributed by atoms with Gasteiger partial charge in [0.25, 0.3) is 13.0 Å². The quantitative estimate of drug-likeness (QED) is 0.296. The van der Waals surface area contributed by atoms with Gasteiger partial charge in [-0.1, -0.05) is 0 Å². The number of aliphatic hydroxyl groups is 4. The van der Waals surface area contributed by atoms with Crippen LogP contribution in [0, 0.1) is 0 Å². The lowest BCUT2D eigenvalue weighted by Crippen LogP contribution is -2.19. The molecule has 0 saturated heterocycles. The summed E-state index contributed by atoms with van der Waals surface area (Å²) in [5.74, 6) is 0. The highest BCUT2D eigenvalue weighted by molar-refractivity contribution is 4.04. The molecule has 0 aliphatic carbocycles. The Balaban J connectivity index is 2.95. The molecule has 4 N–H and O–H groups in total. The van der Waals surface area contributed by atoms with E-state index in [9.17, 15) is 0 Å². The van der Waals surface area contributed by atoms with Gasteiger partial charge in [0, 0.05) is 0 Å². The highest BCUT2D eigenvalue weighted by atomic mass is 16.8. The van der Waals surface area contributed by atoms with E-state index >= 15 is 0 Å². The maximum Gasteiger partial charge on any atom is 0.270 e. The molecule has 5 heteroatoms. The molecule has 0 aliphatic rings. The molecule has 0 unspecified atom stereocenters. The average Bonchev–Trinajstić information content (AvgIpc) is 1.27. The highest BCUT2D eigenvalue weighted by Crippen LogP contribution is 1.81. The summed E-state index contributed by atoms with van der Waals surface area (Å²) in [6, 6.07) is 0. The van der Waals surface area contributed by atoms with Crippen LogP contribution in [-0.2, 0) is 4.74 Å². The van der Waals surface area contributed by atoms with Gasteiger partial charge in [0.1, 0.15) is 0 Å². The van der Waals surface area contributed by atoms with E-state index in [0.717, 1.165) is 0 Å². The minimum atomic E-state index is -2.13. The molecule has 0 radical (unpaired) electrons. The third-order valence-corrected chi connectivity index (χ3v) is 0.243. The fraction of sp³-hybridized carbons (Fsp3) is 1.00. The predicted octanol–water partition coefficient (Wildman–Crippen LogP) is -2.46. The second-order valence-electron chi connectivity index (χ2n) is 0.789. The van der Waals surface area contributed by atoms with Crippen LogP contribution in [0.25, 0.3) is 0 Å². The van der Waals surface area contributed by atoms with E-state index in [1.54, 1.807) is 0 Å². The number of hydrogen-bond acceptors (Lipinski definition) is 5. The molecule has 0 aliphatic heterocycles. The third-order valence-electron chi connectivity index (χ3n) is 0.243. The first-order valence-electron chi connectivity index (χ1n) is 1.50. The van der Waals surface area contributed by atoms with Crippen LogP contribution in [0.15, 0.2) is 0 Å². The van der Waals surface area contributed by atoms with Crippen molar-refractivity contribution in [3.8, 4) is 0 Å². The van der Waals surface area contributed by atoms with Gasteiger partial charge >= 0.3 is 0 Å². The highest BCUT2D eigenvalue weighted by Gasteiger charge is 2.00. The van der Waals surface area contributed by atoms with Crippen LogP contribution >= 0.6 is 0 Å². The van der Waals surface area contributed by atoms with E-state index in [-0.39, 0.29) is 0 Å². The molecule has 0 saturated carbocycles. The van der Waals surface area contributed by atoms with Gasteiger partial charge in [0.05, 0.1) is 0 Å². The Morgan fingerprint density at radius 1 is 0.857 bits per heavy atom. The van der Waals surface area contributed by atoms with Crippen LogP contribution in [0.5, 0.6) is 0 Å². The van der Waals surface area contributed by atoms with Crippen LogP contribution in [0.1, 0.15) is 0 Å². The normalized spacial score (nSPS) is 11.1. The summed E-state index contributed by atoms with van der Waals surface area (Å²) in [5.41, 5.74) is 0. The van der Waals surface area contributed by atoms with Crippen LogP contribution < -0.4 is 0 Å². The molecule has 0 aromatic heterocycles. The summed E-state index contributed by atoms with van der Waals surface area (Å²) in [6.07, 6.45) is 0. The van der Waals surface area contributed by atoms with Crippen molar-refractivity contribution in [3.63, 3.8) is 0 Å². The molecular weight excluding hydrogens is 104 g/mol.